The summed E-state index contributed by atoms with van der Waals surface area (Å²) < 4.78 is 43.8. The van der Waals surface area contributed by atoms with Crippen LogP contribution in [0.3, 0.4) is 0 Å². The molecule has 142 valence electrons. The number of hydrogen-bond acceptors (Lipinski definition) is 4. The fraction of sp³-hybridized carbons (Fsp3) is 0.471. The smallest absolute Gasteiger partial charge is 0.417 e. The summed E-state index contributed by atoms with van der Waals surface area (Å²) in [4.78, 5) is 37.8. The van der Waals surface area contributed by atoms with E-state index in [0.717, 1.165) is 12.1 Å². The monoisotopic (exact) mass is 435 g/mol. The SMILES string of the molecule is CCOC(=O)C1C[C@@H](C)N(C(=O)c2ccc(Br)c(C(F)(F)F)c2)CC1=O. The number of amides is 1. The van der Waals surface area contributed by atoms with Crippen LogP contribution in [0.15, 0.2) is 22.7 Å². The minimum Gasteiger partial charge on any atom is -0.465 e. The topological polar surface area (TPSA) is 63.7 Å². The van der Waals surface area contributed by atoms with E-state index in [1.165, 1.54) is 11.0 Å². The summed E-state index contributed by atoms with van der Waals surface area (Å²) in [7, 11) is 0. The number of carbonyl (C=O) groups is 3. The predicted molar refractivity (Wildman–Crippen MR) is 89.4 cm³/mol. The fourth-order valence-electron chi connectivity index (χ4n) is 2.82. The van der Waals surface area contributed by atoms with Crippen molar-refractivity contribution in [2.24, 2.45) is 5.92 Å². The van der Waals surface area contributed by atoms with Crippen LogP contribution in [-0.4, -0.2) is 41.8 Å². The molecule has 1 aromatic carbocycles. The van der Waals surface area contributed by atoms with E-state index in [-0.39, 0.29) is 29.6 Å². The molecule has 0 radical (unpaired) electrons. The van der Waals surface area contributed by atoms with Gasteiger partial charge in [-0.1, -0.05) is 15.9 Å². The minimum atomic E-state index is -4.62. The summed E-state index contributed by atoms with van der Waals surface area (Å²) in [5, 5.41) is 0. The predicted octanol–water partition coefficient (Wildman–Crippen LogP) is 3.45. The third kappa shape index (κ3) is 4.25. The van der Waals surface area contributed by atoms with E-state index in [0.29, 0.717) is 0 Å². The summed E-state index contributed by atoms with van der Waals surface area (Å²) in [5.74, 6) is -2.77. The third-order valence-electron chi connectivity index (χ3n) is 4.17. The van der Waals surface area contributed by atoms with Crippen molar-refractivity contribution in [2.45, 2.75) is 32.5 Å². The van der Waals surface area contributed by atoms with E-state index in [1.54, 1.807) is 13.8 Å². The first-order valence-corrected chi connectivity index (χ1v) is 8.72. The largest absolute Gasteiger partial charge is 0.465 e. The highest BCUT2D eigenvalue weighted by atomic mass is 79.9. The van der Waals surface area contributed by atoms with Gasteiger partial charge in [0.05, 0.1) is 18.7 Å². The van der Waals surface area contributed by atoms with Gasteiger partial charge in [0.25, 0.3) is 5.91 Å². The second-order valence-electron chi connectivity index (χ2n) is 5.98. The lowest BCUT2D eigenvalue weighted by atomic mass is 9.90. The molecule has 1 fully saturated rings. The summed E-state index contributed by atoms with van der Waals surface area (Å²) >= 11 is 2.82. The molecule has 0 saturated carbocycles. The Hall–Kier alpha value is -1.90. The Bertz CT molecular complexity index is 735. The van der Waals surface area contributed by atoms with Crippen molar-refractivity contribution in [1.29, 1.82) is 0 Å². The molecule has 0 spiro atoms. The van der Waals surface area contributed by atoms with E-state index >= 15 is 0 Å². The maximum Gasteiger partial charge on any atom is 0.417 e. The number of Topliss-reactive ketones (excluding diaryl/α,β-unsaturated/α-hetero) is 1. The third-order valence-corrected chi connectivity index (χ3v) is 4.87. The van der Waals surface area contributed by atoms with Gasteiger partial charge in [-0.15, -0.1) is 0 Å². The lowest BCUT2D eigenvalue weighted by Gasteiger charge is -2.35. The number of piperidine rings is 1. The van der Waals surface area contributed by atoms with Gasteiger partial charge >= 0.3 is 12.1 Å². The van der Waals surface area contributed by atoms with E-state index < -0.39 is 41.4 Å². The number of esters is 1. The summed E-state index contributed by atoms with van der Waals surface area (Å²) in [5.41, 5.74) is -1.14. The van der Waals surface area contributed by atoms with Crippen molar-refractivity contribution in [3.05, 3.63) is 33.8 Å². The van der Waals surface area contributed by atoms with Crippen molar-refractivity contribution in [3.8, 4) is 0 Å². The number of hydrogen-bond donors (Lipinski definition) is 0. The maximum absolute atomic E-state index is 13.0. The highest BCUT2D eigenvalue weighted by molar-refractivity contribution is 9.10. The number of ether oxygens (including phenoxy) is 1. The number of ketones is 1. The van der Waals surface area contributed by atoms with Gasteiger partial charge in [0.1, 0.15) is 5.92 Å². The van der Waals surface area contributed by atoms with Crippen molar-refractivity contribution >= 4 is 33.6 Å². The standard InChI is InChI=1S/C17H17BrF3NO4/c1-3-26-16(25)11-6-9(2)22(8-14(11)23)15(24)10-4-5-13(18)12(7-10)17(19,20)21/h4-5,7,9,11H,3,6,8H2,1-2H3/t9-,11?/m1/s1. The maximum atomic E-state index is 13.0. The van der Waals surface area contributed by atoms with Gasteiger partial charge in [-0.3, -0.25) is 14.4 Å². The van der Waals surface area contributed by atoms with E-state index in [9.17, 15) is 27.6 Å². The van der Waals surface area contributed by atoms with E-state index in [4.69, 9.17) is 4.74 Å². The van der Waals surface area contributed by atoms with Crippen molar-refractivity contribution < 1.29 is 32.3 Å². The Labute approximate surface area is 156 Å². The molecule has 1 aliphatic heterocycles. The molecule has 1 unspecified atom stereocenters. The van der Waals surface area contributed by atoms with Crippen LogP contribution in [0.5, 0.6) is 0 Å². The Morgan fingerprint density at radius 3 is 2.58 bits per heavy atom. The lowest BCUT2D eigenvalue weighted by Crippen LogP contribution is -2.51. The van der Waals surface area contributed by atoms with Gasteiger partial charge in [-0.25, -0.2) is 0 Å². The summed E-state index contributed by atoms with van der Waals surface area (Å²) in [6.45, 7) is 3.05. The number of carbonyl (C=O) groups excluding carboxylic acids is 3. The average molecular weight is 436 g/mol. The van der Waals surface area contributed by atoms with Crippen LogP contribution in [0.2, 0.25) is 0 Å². The summed E-state index contributed by atoms with van der Waals surface area (Å²) in [6, 6.07) is 2.67. The van der Waals surface area contributed by atoms with Crippen molar-refractivity contribution in [2.75, 3.05) is 13.2 Å². The molecule has 5 nitrogen and oxygen atoms in total. The molecule has 0 bridgehead atoms. The zero-order valence-electron chi connectivity index (χ0n) is 14.1. The molecule has 26 heavy (non-hydrogen) atoms. The normalized spacial score (nSPS) is 20.8. The molecule has 1 heterocycles. The first-order chi connectivity index (χ1) is 12.1. The first-order valence-electron chi connectivity index (χ1n) is 7.93. The minimum absolute atomic E-state index is 0.0755. The zero-order chi connectivity index (χ0) is 19.6. The van der Waals surface area contributed by atoms with Crippen LogP contribution in [-0.2, 0) is 20.5 Å². The van der Waals surface area contributed by atoms with Gasteiger partial charge in [-0.05, 0) is 38.5 Å². The van der Waals surface area contributed by atoms with Crippen LogP contribution >= 0.6 is 15.9 Å². The molecule has 1 amide bonds. The van der Waals surface area contributed by atoms with Gasteiger partial charge in [-0.2, -0.15) is 13.2 Å². The Morgan fingerprint density at radius 1 is 1.35 bits per heavy atom. The zero-order valence-corrected chi connectivity index (χ0v) is 15.7. The van der Waals surface area contributed by atoms with Crippen LogP contribution in [0.1, 0.15) is 36.2 Å². The summed E-state index contributed by atoms with van der Waals surface area (Å²) in [6.07, 6.45) is -4.54. The number of likely N-dealkylation sites (tertiary alicyclic amines) is 1. The molecule has 9 heteroatoms. The molecule has 0 aromatic heterocycles. The Morgan fingerprint density at radius 2 is 2.00 bits per heavy atom. The highest BCUT2D eigenvalue weighted by Crippen LogP contribution is 2.36. The molecular formula is C17H17BrF3NO4. The Kier molecular flexibility index (Phi) is 6.10. The number of rotatable bonds is 3. The van der Waals surface area contributed by atoms with Gasteiger partial charge < -0.3 is 9.64 Å². The van der Waals surface area contributed by atoms with Crippen molar-refractivity contribution in [1.82, 2.24) is 4.90 Å². The fourth-order valence-corrected chi connectivity index (χ4v) is 3.29. The molecule has 0 aliphatic carbocycles. The number of nitrogens with zero attached hydrogens (tertiary/aromatic N) is 1. The molecule has 1 aromatic rings. The second kappa shape index (κ2) is 7.77. The van der Waals surface area contributed by atoms with Gasteiger partial charge in [0.15, 0.2) is 5.78 Å². The number of benzene rings is 1. The van der Waals surface area contributed by atoms with Crippen LogP contribution < -0.4 is 0 Å². The number of alkyl halides is 3. The first kappa shape index (κ1) is 20.4. The Balaban J connectivity index is 2.23. The quantitative estimate of drug-likeness (QED) is 0.538. The molecule has 1 aliphatic rings. The molecule has 2 rings (SSSR count). The van der Waals surface area contributed by atoms with Crippen LogP contribution in [0.4, 0.5) is 13.2 Å². The number of halogens is 4. The van der Waals surface area contributed by atoms with E-state index in [1.807, 2.05) is 0 Å². The molecule has 0 N–H and O–H groups in total. The molecule has 2 atom stereocenters. The van der Waals surface area contributed by atoms with Gasteiger partial charge in [0.2, 0.25) is 0 Å². The van der Waals surface area contributed by atoms with Gasteiger partial charge in [0, 0.05) is 16.1 Å². The van der Waals surface area contributed by atoms with Crippen LogP contribution in [0, 0.1) is 5.92 Å². The second-order valence-corrected chi connectivity index (χ2v) is 6.84. The molecule has 1 saturated heterocycles. The van der Waals surface area contributed by atoms with E-state index in [2.05, 4.69) is 15.9 Å². The lowest BCUT2D eigenvalue weighted by molar-refractivity contribution is -0.154. The van der Waals surface area contributed by atoms with Crippen LogP contribution in [0.25, 0.3) is 0 Å². The highest BCUT2D eigenvalue weighted by Gasteiger charge is 2.40. The van der Waals surface area contributed by atoms with Crippen molar-refractivity contribution in [3.63, 3.8) is 0 Å². The molecular weight excluding hydrogens is 419 g/mol. The average Bonchev–Trinajstić information content (AvgIpc) is 2.55.